The van der Waals surface area contributed by atoms with Crippen molar-refractivity contribution in [3.8, 4) is 23.0 Å². The first-order valence-corrected chi connectivity index (χ1v) is 9.68. The molecule has 1 unspecified atom stereocenters. The van der Waals surface area contributed by atoms with Crippen LogP contribution in [0.3, 0.4) is 0 Å². The third kappa shape index (κ3) is 3.89. The van der Waals surface area contributed by atoms with Gasteiger partial charge in [0.05, 0.1) is 19.4 Å². The Bertz CT molecular complexity index is 1020. The summed E-state index contributed by atoms with van der Waals surface area (Å²) in [5, 5.41) is 9.31. The molecular formula is C21H25FN2O6. The molecule has 0 radical (unpaired) electrons. The van der Waals surface area contributed by atoms with Crippen molar-refractivity contribution >= 4 is 5.97 Å². The number of methoxy groups -OCH3 is 2. The molecule has 0 saturated carbocycles. The normalized spacial score (nSPS) is 14.9. The number of rotatable bonds is 8. The number of ether oxygens (including phenoxy) is 3. The quantitative estimate of drug-likeness (QED) is 0.656. The molecule has 1 aliphatic rings. The van der Waals surface area contributed by atoms with Crippen LogP contribution in [-0.4, -0.2) is 48.1 Å². The van der Waals surface area contributed by atoms with Gasteiger partial charge in [0.2, 0.25) is 5.43 Å². The lowest BCUT2D eigenvalue weighted by molar-refractivity contribution is 0.0693. The number of halogens is 1. The Morgan fingerprint density at radius 3 is 2.70 bits per heavy atom. The smallest absolute Gasteiger partial charge is 0.341 e. The minimum Gasteiger partial charge on any atom is -0.488 e. The minimum atomic E-state index is -1.46. The number of aromatic carboxylic acids is 1. The third-order valence-corrected chi connectivity index (χ3v) is 5.17. The van der Waals surface area contributed by atoms with Gasteiger partial charge in [0.15, 0.2) is 11.6 Å². The molecule has 1 aliphatic heterocycles. The van der Waals surface area contributed by atoms with Crippen LogP contribution in [0.15, 0.2) is 17.1 Å². The van der Waals surface area contributed by atoms with Crippen molar-refractivity contribution < 1.29 is 28.5 Å². The van der Waals surface area contributed by atoms with Crippen LogP contribution >= 0.6 is 0 Å². The molecule has 1 atom stereocenters. The average Bonchev–Trinajstić information content (AvgIpc) is 2.71. The molecule has 0 fully saturated rings. The molecule has 9 heteroatoms. The molecule has 8 nitrogen and oxygen atoms in total. The Hall–Kier alpha value is -2.94. The van der Waals surface area contributed by atoms with Crippen LogP contribution in [0.1, 0.15) is 42.2 Å². The highest BCUT2D eigenvalue weighted by Crippen LogP contribution is 2.41. The van der Waals surface area contributed by atoms with Gasteiger partial charge in [-0.15, -0.1) is 0 Å². The van der Waals surface area contributed by atoms with Gasteiger partial charge >= 0.3 is 5.97 Å². The molecule has 0 saturated heterocycles. The maximum Gasteiger partial charge on any atom is 0.341 e. The van der Waals surface area contributed by atoms with E-state index in [1.165, 1.54) is 17.9 Å². The van der Waals surface area contributed by atoms with Gasteiger partial charge in [0.25, 0.3) is 5.88 Å². The lowest BCUT2D eigenvalue weighted by Crippen LogP contribution is -2.31. The predicted molar refractivity (Wildman–Crippen MR) is 107 cm³/mol. The summed E-state index contributed by atoms with van der Waals surface area (Å²) in [5.74, 6) is -1.96. The van der Waals surface area contributed by atoms with Crippen LogP contribution in [0.5, 0.6) is 11.6 Å². The molecule has 2 aromatic heterocycles. The van der Waals surface area contributed by atoms with Gasteiger partial charge in [-0.1, -0.05) is 13.8 Å². The van der Waals surface area contributed by atoms with E-state index in [1.807, 2.05) is 13.8 Å². The van der Waals surface area contributed by atoms with Gasteiger partial charge in [-0.25, -0.2) is 14.2 Å². The highest BCUT2D eigenvalue weighted by molar-refractivity contribution is 5.87. The highest BCUT2D eigenvalue weighted by Gasteiger charge is 2.33. The zero-order valence-electron chi connectivity index (χ0n) is 17.4. The fraction of sp³-hybridized carbons (Fsp3) is 0.476. The van der Waals surface area contributed by atoms with Gasteiger partial charge in [0.1, 0.15) is 11.3 Å². The number of fused-ring (bicyclic) bond motifs is 3. The van der Waals surface area contributed by atoms with Crippen molar-refractivity contribution in [3.63, 3.8) is 0 Å². The fourth-order valence-corrected chi connectivity index (χ4v) is 3.63. The number of pyridine rings is 2. The predicted octanol–water partition coefficient (Wildman–Crippen LogP) is 2.92. The zero-order chi connectivity index (χ0) is 22.0. The lowest BCUT2D eigenvalue weighted by Gasteiger charge is -2.33. The molecule has 0 bridgehead atoms. The monoisotopic (exact) mass is 420 g/mol. The van der Waals surface area contributed by atoms with Gasteiger partial charge < -0.3 is 23.9 Å². The lowest BCUT2D eigenvalue weighted by atomic mass is 9.89. The van der Waals surface area contributed by atoms with E-state index in [-0.39, 0.29) is 29.2 Å². The Balaban J connectivity index is 2.17. The topological polar surface area (TPSA) is 99.9 Å². The van der Waals surface area contributed by atoms with Crippen LogP contribution in [0.25, 0.3) is 11.4 Å². The summed E-state index contributed by atoms with van der Waals surface area (Å²) in [6.07, 6.45) is 2.36. The number of carboxylic acid groups (broad SMARTS) is 1. The minimum absolute atomic E-state index is 0.0332. The molecule has 30 heavy (non-hydrogen) atoms. The van der Waals surface area contributed by atoms with E-state index >= 15 is 4.39 Å². The van der Waals surface area contributed by atoms with Crippen molar-refractivity contribution in [1.82, 2.24) is 9.55 Å². The molecule has 0 spiro atoms. The Morgan fingerprint density at radius 2 is 2.10 bits per heavy atom. The summed E-state index contributed by atoms with van der Waals surface area (Å²) in [5.41, 5.74) is -0.841. The summed E-state index contributed by atoms with van der Waals surface area (Å²) in [6.45, 7) is 4.85. The van der Waals surface area contributed by atoms with Crippen LogP contribution in [-0.2, 0) is 11.2 Å². The summed E-state index contributed by atoms with van der Waals surface area (Å²) in [6, 6.07) is 1.50. The second-order valence-corrected chi connectivity index (χ2v) is 7.46. The summed E-state index contributed by atoms with van der Waals surface area (Å²) >= 11 is 0. The van der Waals surface area contributed by atoms with E-state index in [9.17, 15) is 14.7 Å². The first-order valence-electron chi connectivity index (χ1n) is 9.68. The fourth-order valence-electron chi connectivity index (χ4n) is 3.63. The van der Waals surface area contributed by atoms with Crippen molar-refractivity contribution in [2.24, 2.45) is 5.92 Å². The van der Waals surface area contributed by atoms with Crippen molar-refractivity contribution in [2.45, 2.75) is 32.7 Å². The largest absolute Gasteiger partial charge is 0.488 e. The summed E-state index contributed by atoms with van der Waals surface area (Å²) in [7, 11) is 3.03. The maximum absolute atomic E-state index is 15.1. The van der Waals surface area contributed by atoms with Gasteiger partial charge in [-0.3, -0.25) is 4.79 Å². The first-order chi connectivity index (χ1) is 14.3. The van der Waals surface area contributed by atoms with E-state index < -0.39 is 22.8 Å². The Labute approximate surface area is 173 Å². The standard InChI is InChI=1S/C21H25FN2O6/c1-11(2)14-8-12-9-15(30-7-5-6-28-3)20(29-4)23-17(12)18-16(22)19(25)13(21(26)27)10-24(14)18/h9-11,14H,5-8H2,1-4H3,(H,26,27). The molecule has 3 heterocycles. The number of carboxylic acids is 1. The van der Waals surface area contributed by atoms with E-state index in [0.29, 0.717) is 37.4 Å². The number of hydrogen-bond donors (Lipinski definition) is 1. The van der Waals surface area contributed by atoms with Gasteiger partial charge in [0, 0.05) is 32.4 Å². The molecule has 162 valence electrons. The van der Waals surface area contributed by atoms with Crippen molar-refractivity contribution in [1.29, 1.82) is 0 Å². The Kier molecular flexibility index (Phi) is 6.40. The summed E-state index contributed by atoms with van der Waals surface area (Å²) < 4.78 is 32.7. The SMILES string of the molecule is COCCCOc1cc2c(nc1OC)-c1c(F)c(=O)c(C(=O)O)cn1C(C(C)C)C2. The molecule has 2 aromatic rings. The van der Waals surface area contributed by atoms with E-state index in [4.69, 9.17) is 14.2 Å². The average molecular weight is 420 g/mol. The van der Waals surface area contributed by atoms with E-state index in [1.54, 1.807) is 13.2 Å². The van der Waals surface area contributed by atoms with Crippen molar-refractivity contribution in [3.05, 3.63) is 39.4 Å². The first kappa shape index (κ1) is 21.8. The molecular weight excluding hydrogens is 395 g/mol. The van der Waals surface area contributed by atoms with Crippen LogP contribution in [0.4, 0.5) is 4.39 Å². The number of hydrogen-bond acceptors (Lipinski definition) is 6. The third-order valence-electron chi connectivity index (χ3n) is 5.17. The van der Waals surface area contributed by atoms with Gasteiger partial charge in [-0.05, 0) is 24.0 Å². The van der Waals surface area contributed by atoms with E-state index in [0.717, 1.165) is 0 Å². The molecule has 3 rings (SSSR count). The number of nitrogens with zero attached hydrogens (tertiary/aromatic N) is 2. The highest BCUT2D eigenvalue weighted by atomic mass is 19.1. The molecule has 0 aromatic carbocycles. The molecule has 1 N–H and O–H groups in total. The van der Waals surface area contributed by atoms with Crippen LogP contribution < -0.4 is 14.9 Å². The maximum atomic E-state index is 15.1. The van der Waals surface area contributed by atoms with Crippen LogP contribution in [0, 0.1) is 11.7 Å². The number of carbonyl (C=O) groups is 1. The van der Waals surface area contributed by atoms with Crippen LogP contribution in [0.2, 0.25) is 0 Å². The van der Waals surface area contributed by atoms with E-state index in [2.05, 4.69) is 4.98 Å². The Morgan fingerprint density at radius 1 is 1.37 bits per heavy atom. The second-order valence-electron chi connectivity index (χ2n) is 7.46. The van der Waals surface area contributed by atoms with Gasteiger partial charge in [-0.2, -0.15) is 0 Å². The molecule has 0 amide bonds. The summed E-state index contributed by atoms with van der Waals surface area (Å²) in [4.78, 5) is 28.2. The number of aromatic nitrogens is 2. The molecule has 0 aliphatic carbocycles. The second kappa shape index (κ2) is 8.83. The zero-order valence-corrected chi connectivity index (χ0v) is 17.4. The van der Waals surface area contributed by atoms with Crippen molar-refractivity contribution in [2.75, 3.05) is 27.4 Å².